The topological polar surface area (TPSA) is 15.8 Å². The van der Waals surface area contributed by atoms with Crippen LogP contribution in [0.1, 0.15) is 11.3 Å². The Morgan fingerprint density at radius 1 is 0.792 bits per heavy atom. The molecule has 0 fully saturated rings. The zero-order chi connectivity index (χ0) is 17.7. The minimum absolute atomic E-state index is 0.129. The summed E-state index contributed by atoms with van der Waals surface area (Å²) in [7, 11) is 0. The highest BCUT2D eigenvalue weighted by Gasteiger charge is 2.33. The number of hydrogen-bond donors (Lipinski definition) is 1. The fraction of sp³-hybridized carbons (Fsp3) is 0.125. The van der Waals surface area contributed by atoms with Crippen LogP contribution in [0.4, 0.5) is 26.3 Å². The largest absolute Gasteiger partial charge is 0.431 e. The quantitative estimate of drug-likeness (QED) is 0.473. The number of aromatic amines is 1. The number of alkyl halides is 6. The molecule has 0 saturated carbocycles. The molecule has 0 saturated heterocycles. The van der Waals surface area contributed by atoms with Crippen LogP contribution in [-0.2, 0) is 12.4 Å². The molecule has 3 rings (SSSR count). The van der Waals surface area contributed by atoms with Crippen molar-refractivity contribution < 1.29 is 26.3 Å². The summed E-state index contributed by atoms with van der Waals surface area (Å²) in [6, 6.07) is 8.17. The Kier molecular flexibility index (Phi) is 3.79. The molecule has 0 unspecified atom stereocenters. The highest BCUT2D eigenvalue weighted by Crippen LogP contribution is 2.37. The van der Waals surface area contributed by atoms with E-state index in [4.69, 9.17) is 11.6 Å². The first-order chi connectivity index (χ1) is 11.1. The summed E-state index contributed by atoms with van der Waals surface area (Å²) < 4.78 is 76.1. The first kappa shape index (κ1) is 16.7. The van der Waals surface area contributed by atoms with Crippen molar-refractivity contribution in [2.45, 2.75) is 12.4 Å². The van der Waals surface area contributed by atoms with Crippen molar-refractivity contribution in [1.29, 1.82) is 0 Å². The van der Waals surface area contributed by atoms with Crippen molar-refractivity contribution in [3.05, 3.63) is 58.7 Å². The SMILES string of the molecule is FC(F)(F)c1ccc(-c2ccc3[nH]c(C(F)(F)F)cc3c2)c(Cl)c1. The van der Waals surface area contributed by atoms with Crippen molar-refractivity contribution >= 4 is 22.5 Å². The van der Waals surface area contributed by atoms with Gasteiger partial charge in [-0.3, -0.25) is 0 Å². The Labute approximate surface area is 136 Å². The molecule has 0 aliphatic heterocycles. The summed E-state index contributed by atoms with van der Waals surface area (Å²) in [5.41, 5.74) is -0.782. The lowest BCUT2D eigenvalue weighted by Crippen LogP contribution is -2.04. The molecule has 3 aromatic rings. The zero-order valence-electron chi connectivity index (χ0n) is 11.7. The van der Waals surface area contributed by atoms with Crippen molar-refractivity contribution in [1.82, 2.24) is 4.98 Å². The average Bonchev–Trinajstić information content (AvgIpc) is 2.89. The number of halogens is 7. The van der Waals surface area contributed by atoms with E-state index >= 15 is 0 Å². The van der Waals surface area contributed by atoms with E-state index in [0.29, 0.717) is 11.1 Å². The van der Waals surface area contributed by atoms with Gasteiger partial charge in [0.05, 0.1) is 5.56 Å². The summed E-state index contributed by atoms with van der Waals surface area (Å²) in [4.78, 5) is 2.25. The maximum atomic E-state index is 12.7. The molecule has 1 aromatic heterocycles. The summed E-state index contributed by atoms with van der Waals surface area (Å²) in [6.07, 6.45) is -9.03. The number of hydrogen-bond acceptors (Lipinski definition) is 0. The van der Waals surface area contributed by atoms with E-state index in [1.807, 2.05) is 0 Å². The smallest absolute Gasteiger partial charge is 0.351 e. The Bertz CT molecular complexity index is 907. The highest BCUT2D eigenvalue weighted by atomic mass is 35.5. The van der Waals surface area contributed by atoms with Gasteiger partial charge in [0, 0.05) is 21.5 Å². The molecule has 1 heterocycles. The molecule has 0 spiro atoms. The summed E-state index contributed by atoms with van der Waals surface area (Å²) in [5.74, 6) is 0. The van der Waals surface area contributed by atoms with Crippen LogP contribution in [-0.4, -0.2) is 4.98 Å². The zero-order valence-corrected chi connectivity index (χ0v) is 12.4. The third-order valence-electron chi connectivity index (χ3n) is 3.53. The van der Waals surface area contributed by atoms with Crippen LogP contribution in [0, 0.1) is 0 Å². The lowest BCUT2D eigenvalue weighted by molar-refractivity contribution is -0.140. The van der Waals surface area contributed by atoms with Gasteiger partial charge in [0.15, 0.2) is 0 Å². The van der Waals surface area contributed by atoms with Gasteiger partial charge in [0.2, 0.25) is 0 Å². The lowest BCUT2D eigenvalue weighted by atomic mass is 10.0. The van der Waals surface area contributed by atoms with E-state index in [1.54, 1.807) is 0 Å². The van der Waals surface area contributed by atoms with Gasteiger partial charge in [0.25, 0.3) is 0 Å². The minimum atomic E-state index is -4.52. The summed E-state index contributed by atoms with van der Waals surface area (Å²) in [6.45, 7) is 0. The second-order valence-corrected chi connectivity index (χ2v) is 5.58. The third kappa shape index (κ3) is 3.08. The number of benzene rings is 2. The highest BCUT2D eigenvalue weighted by molar-refractivity contribution is 6.33. The molecule has 0 amide bonds. The monoisotopic (exact) mass is 363 g/mol. The lowest BCUT2D eigenvalue weighted by Gasteiger charge is -2.10. The predicted octanol–water partition coefficient (Wildman–Crippen LogP) is 6.53. The number of fused-ring (bicyclic) bond motifs is 1. The van der Waals surface area contributed by atoms with Crippen LogP contribution in [0.25, 0.3) is 22.0 Å². The van der Waals surface area contributed by atoms with Gasteiger partial charge in [-0.15, -0.1) is 0 Å². The van der Waals surface area contributed by atoms with Crippen LogP contribution in [0.3, 0.4) is 0 Å². The van der Waals surface area contributed by atoms with Gasteiger partial charge in [-0.25, -0.2) is 0 Å². The van der Waals surface area contributed by atoms with Crippen LogP contribution < -0.4 is 0 Å². The number of aromatic nitrogens is 1. The third-order valence-corrected chi connectivity index (χ3v) is 3.85. The Morgan fingerprint density at radius 2 is 1.50 bits per heavy atom. The molecule has 126 valence electrons. The van der Waals surface area contributed by atoms with Gasteiger partial charge >= 0.3 is 12.4 Å². The number of rotatable bonds is 1. The first-order valence-corrected chi connectivity index (χ1v) is 7.00. The first-order valence-electron chi connectivity index (χ1n) is 6.63. The van der Waals surface area contributed by atoms with E-state index in [0.717, 1.165) is 18.2 Å². The molecule has 0 radical (unpaired) electrons. The van der Waals surface area contributed by atoms with Crippen molar-refractivity contribution in [3.8, 4) is 11.1 Å². The second kappa shape index (κ2) is 5.44. The second-order valence-electron chi connectivity index (χ2n) is 5.18. The molecule has 24 heavy (non-hydrogen) atoms. The Hall–Kier alpha value is -2.15. The molecule has 0 atom stereocenters. The van der Waals surface area contributed by atoms with Gasteiger partial charge in [-0.1, -0.05) is 23.7 Å². The van der Waals surface area contributed by atoms with Gasteiger partial charge in [-0.05, 0) is 35.9 Å². The van der Waals surface area contributed by atoms with Crippen molar-refractivity contribution in [3.63, 3.8) is 0 Å². The minimum Gasteiger partial charge on any atom is -0.351 e. The van der Waals surface area contributed by atoms with E-state index in [-0.39, 0.29) is 15.9 Å². The molecule has 0 aliphatic carbocycles. The maximum Gasteiger partial charge on any atom is 0.431 e. The van der Waals surface area contributed by atoms with Crippen LogP contribution >= 0.6 is 11.6 Å². The van der Waals surface area contributed by atoms with Gasteiger partial charge in [-0.2, -0.15) is 26.3 Å². The molecule has 1 nitrogen and oxygen atoms in total. The van der Waals surface area contributed by atoms with E-state index < -0.39 is 23.6 Å². The predicted molar refractivity (Wildman–Crippen MR) is 78.7 cm³/mol. The van der Waals surface area contributed by atoms with Crippen molar-refractivity contribution in [2.24, 2.45) is 0 Å². The maximum absolute atomic E-state index is 12.7. The normalized spacial score (nSPS) is 12.8. The van der Waals surface area contributed by atoms with E-state index in [2.05, 4.69) is 4.98 Å². The molecule has 0 bridgehead atoms. The Morgan fingerprint density at radius 3 is 2.08 bits per heavy atom. The fourth-order valence-electron chi connectivity index (χ4n) is 2.38. The average molecular weight is 364 g/mol. The molecular weight excluding hydrogens is 356 g/mol. The fourth-order valence-corrected chi connectivity index (χ4v) is 2.67. The van der Waals surface area contributed by atoms with Crippen LogP contribution in [0.15, 0.2) is 42.5 Å². The van der Waals surface area contributed by atoms with Gasteiger partial charge < -0.3 is 4.98 Å². The summed E-state index contributed by atoms with van der Waals surface area (Å²) >= 11 is 5.91. The number of nitrogens with one attached hydrogen (secondary N) is 1. The van der Waals surface area contributed by atoms with Gasteiger partial charge in [0.1, 0.15) is 5.69 Å². The molecular formula is C16H8ClF6N. The van der Waals surface area contributed by atoms with Crippen LogP contribution in [0.2, 0.25) is 5.02 Å². The molecule has 1 N–H and O–H groups in total. The molecule has 0 aliphatic rings. The Balaban J connectivity index is 2.07. The molecule has 2 aromatic carbocycles. The van der Waals surface area contributed by atoms with E-state index in [1.165, 1.54) is 24.3 Å². The summed E-state index contributed by atoms with van der Waals surface area (Å²) in [5, 5.41) is 0.159. The number of H-pyrrole nitrogens is 1. The standard InChI is InChI=1S/C16H8ClF6N/c17-12-7-10(15(18,19)20)2-3-11(12)8-1-4-13-9(5-8)6-14(24-13)16(21,22)23/h1-7,24H. The van der Waals surface area contributed by atoms with Crippen molar-refractivity contribution in [2.75, 3.05) is 0 Å². The molecule has 8 heteroatoms. The van der Waals surface area contributed by atoms with E-state index in [9.17, 15) is 26.3 Å². The van der Waals surface area contributed by atoms with Crippen LogP contribution in [0.5, 0.6) is 0 Å².